The molecule has 0 amide bonds. The van der Waals surface area contributed by atoms with Crippen LogP contribution in [0.1, 0.15) is 28.4 Å². The van der Waals surface area contributed by atoms with Gasteiger partial charge in [-0.2, -0.15) is 0 Å². The van der Waals surface area contributed by atoms with Gasteiger partial charge in [-0.1, -0.05) is 53.8 Å². The summed E-state index contributed by atoms with van der Waals surface area (Å²) in [6, 6.07) is 16.6. The Morgan fingerprint density at radius 1 is 1.11 bits per heavy atom. The molecule has 1 aliphatic rings. The summed E-state index contributed by atoms with van der Waals surface area (Å²) in [5, 5.41) is 0. The largest absolute Gasteiger partial charge is 0.360 e. The van der Waals surface area contributed by atoms with Gasteiger partial charge in [0.15, 0.2) is 0 Å². The molecule has 2 aromatic rings. The van der Waals surface area contributed by atoms with Crippen molar-refractivity contribution in [1.29, 1.82) is 0 Å². The number of benzene rings is 2. The van der Waals surface area contributed by atoms with E-state index in [1.165, 1.54) is 16.7 Å². The first-order valence-electron chi connectivity index (χ1n) is 6.60. The number of aryl methyl sites for hydroxylation is 1. The molecule has 1 heterocycles. The van der Waals surface area contributed by atoms with Crippen LogP contribution in [0.4, 0.5) is 0 Å². The molecule has 94 valence electrons. The van der Waals surface area contributed by atoms with Crippen LogP contribution < -0.4 is 0 Å². The molecule has 19 heavy (non-hydrogen) atoms. The van der Waals surface area contributed by atoms with Crippen LogP contribution in [0.3, 0.4) is 0 Å². The van der Waals surface area contributed by atoms with E-state index in [9.17, 15) is 0 Å². The lowest BCUT2D eigenvalue weighted by molar-refractivity contribution is 0.0813. The van der Waals surface area contributed by atoms with E-state index in [1.54, 1.807) is 0 Å². The summed E-state index contributed by atoms with van der Waals surface area (Å²) >= 11 is 0. The molecule has 0 radical (unpaired) electrons. The fourth-order valence-electron chi connectivity index (χ4n) is 2.37. The van der Waals surface area contributed by atoms with Crippen LogP contribution in [-0.4, -0.2) is 6.61 Å². The smallest absolute Gasteiger partial charge is 0.144 e. The molecule has 0 N–H and O–H groups in total. The van der Waals surface area contributed by atoms with E-state index in [1.807, 2.05) is 30.3 Å². The Bertz CT molecular complexity index is 632. The molecule has 0 saturated heterocycles. The van der Waals surface area contributed by atoms with Crippen molar-refractivity contribution in [1.82, 2.24) is 0 Å². The van der Waals surface area contributed by atoms with E-state index < -0.39 is 0 Å². The predicted molar refractivity (Wildman–Crippen MR) is 76.9 cm³/mol. The minimum atomic E-state index is -0.0930. The Morgan fingerprint density at radius 2 is 1.95 bits per heavy atom. The summed E-state index contributed by atoms with van der Waals surface area (Å²) in [7, 11) is 0. The normalized spacial score (nSPS) is 17.2. The highest BCUT2D eigenvalue weighted by Crippen LogP contribution is 2.27. The minimum absolute atomic E-state index is 0.0930. The second-order valence-corrected chi connectivity index (χ2v) is 4.84. The van der Waals surface area contributed by atoms with E-state index in [-0.39, 0.29) is 6.10 Å². The summed E-state index contributed by atoms with van der Waals surface area (Å²) in [5.74, 6) is 6.44. The third-order valence-electron chi connectivity index (χ3n) is 3.36. The lowest BCUT2D eigenvalue weighted by Crippen LogP contribution is -2.15. The van der Waals surface area contributed by atoms with Gasteiger partial charge in [-0.05, 0) is 36.6 Å². The van der Waals surface area contributed by atoms with E-state index in [2.05, 4.69) is 37.0 Å². The van der Waals surface area contributed by atoms with Gasteiger partial charge in [-0.25, -0.2) is 0 Å². The fourth-order valence-corrected chi connectivity index (χ4v) is 2.37. The second-order valence-electron chi connectivity index (χ2n) is 4.84. The molecular weight excluding hydrogens is 232 g/mol. The number of hydrogen-bond acceptors (Lipinski definition) is 1. The molecule has 3 rings (SSSR count). The van der Waals surface area contributed by atoms with Crippen molar-refractivity contribution in [2.24, 2.45) is 0 Å². The van der Waals surface area contributed by atoms with Gasteiger partial charge in [-0.15, -0.1) is 0 Å². The van der Waals surface area contributed by atoms with Gasteiger partial charge in [0.2, 0.25) is 0 Å². The van der Waals surface area contributed by atoms with Crippen LogP contribution in [0.15, 0.2) is 48.5 Å². The molecule has 1 aliphatic heterocycles. The number of rotatable bonds is 0. The Morgan fingerprint density at radius 3 is 2.79 bits per heavy atom. The van der Waals surface area contributed by atoms with Gasteiger partial charge in [0.1, 0.15) is 6.10 Å². The lowest BCUT2D eigenvalue weighted by atomic mass is 9.96. The quantitative estimate of drug-likeness (QED) is 0.646. The third-order valence-corrected chi connectivity index (χ3v) is 3.36. The zero-order chi connectivity index (χ0) is 13.1. The van der Waals surface area contributed by atoms with Crippen molar-refractivity contribution in [3.8, 4) is 11.8 Å². The van der Waals surface area contributed by atoms with Crippen molar-refractivity contribution in [2.75, 3.05) is 6.61 Å². The molecule has 0 unspecified atom stereocenters. The molecule has 0 saturated carbocycles. The van der Waals surface area contributed by atoms with Crippen LogP contribution in [0.5, 0.6) is 0 Å². The van der Waals surface area contributed by atoms with Crippen molar-refractivity contribution in [3.63, 3.8) is 0 Å². The van der Waals surface area contributed by atoms with Crippen molar-refractivity contribution in [2.45, 2.75) is 19.4 Å². The Balaban J connectivity index is 1.91. The highest BCUT2D eigenvalue weighted by atomic mass is 16.5. The number of ether oxygens (including phenoxy) is 1. The summed E-state index contributed by atoms with van der Waals surface area (Å²) in [6.07, 6.45) is 0.894. The third kappa shape index (κ3) is 2.70. The van der Waals surface area contributed by atoms with Gasteiger partial charge < -0.3 is 4.74 Å². The molecular formula is C18H16O. The van der Waals surface area contributed by atoms with Gasteiger partial charge in [-0.3, -0.25) is 0 Å². The van der Waals surface area contributed by atoms with E-state index in [0.717, 1.165) is 18.6 Å². The number of hydrogen-bond donors (Lipinski definition) is 0. The first-order valence-corrected chi connectivity index (χ1v) is 6.60. The summed E-state index contributed by atoms with van der Waals surface area (Å²) in [4.78, 5) is 0. The first kappa shape index (κ1) is 12.0. The summed E-state index contributed by atoms with van der Waals surface area (Å²) < 4.78 is 5.79. The highest BCUT2D eigenvalue weighted by Gasteiger charge is 2.18. The van der Waals surface area contributed by atoms with Crippen LogP contribution in [0.2, 0.25) is 0 Å². The molecule has 0 aliphatic carbocycles. The predicted octanol–water partition coefficient (Wildman–Crippen LogP) is 3.66. The van der Waals surface area contributed by atoms with Crippen LogP contribution in [-0.2, 0) is 11.2 Å². The van der Waals surface area contributed by atoms with Crippen molar-refractivity contribution >= 4 is 0 Å². The van der Waals surface area contributed by atoms with Crippen LogP contribution in [0.25, 0.3) is 0 Å². The molecule has 0 fully saturated rings. The maximum absolute atomic E-state index is 5.79. The average Bonchev–Trinajstić information content (AvgIpc) is 2.45. The second kappa shape index (κ2) is 5.30. The Kier molecular flexibility index (Phi) is 3.35. The standard InChI is InChI=1S/C18H16O/c1-14-7-9-17-16(13-14)11-12-19-18(17)10-8-15-5-3-2-4-6-15/h2-7,9,13,18H,11-12H2,1H3/t18-/m0/s1. The van der Waals surface area contributed by atoms with Gasteiger partial charge in [0, 0.05) is 5.56 Å². The fraction of sp³-hybridized carbons (Fsp3) is 0.222. The van der Waals surface area contributed by atoms with Crippen molar-refractivity contribution < 1.29 is 4.74 Å². The summed E-state index contributed by atoms with van der Waals surface area (Å²) in [5.41, 5.74) is 4.93. The molecule has 1 nitrogen and oxygen atoms in total. The van der Waals surface area contributed by atoms with Crippen molar-refractivity contribution in [3.05, 3.63) is 70.8 Å². The monoisotopic (exact) mass is 248 g/mol. The van der Waals surface area contributed by atoms with Gasteiger partial charge >= 0.3 is 0 Å². The Hall–Kier alpha value is -2.04. The molecule has 0 aromatic heterocycles. The molecule has 0 bridgehead atoms. The maximum Gasteiger partial charge on any atom is 0.144 e. The topological polar surface area (TPSA) is 9.23 Å². The lowest BCUT2D eigenvalue weighted by Gasteiger charge is -2.22. The SMILES string of the molecule is Cc1ccc2c(c1)CCO[C@H]2C#Cc1ccccc1. The highest BCUT2D eigenvalue weighted by molar-refractivity contribution is 5.41. The van der Waals surface area contributed by atoms with Crippen LogP contribution in [0, 0.1) is 18.8 Å². The maximum atomic E-state index is 5.79. The average molecular weight is 248 g/mol. The number of fused-ring (bicyclic) bond motifs is 1. The summed E-state index contributed by atoms with van der Waals surface area (Å²) in [6.45, 7) is 2.88. The van der Waals surface area contributed by atoms with E-state index in [0.29, 0.717) is 0 Å². The van der Waals surface area contributed by atoms with E-state index >= 15 is 0 Å². The molecule has 0 spiro atoms. The molecule has 1 atom stereocenters. The van der Waals surface area contributed by atoms with Crippen LogP contribution >= 0.6 is 0 Å². The zero-order valence-electron chi connectivity index (χ0n) is 11.0. The Labute approximate surface area is 114 Å². The zero-order valence-corrected chi connectivity index (χ0v) is 11.0. The van der Waals surface area contributed by atoms with E-state index in [4.69, 9.17) is 4.74 Å². The minimum Gasteiger partial charge on any atom is -0.360 e. The molecule has 1 heteroatoms. The van der Waals surface area contributed by atoms with Gasteiger partial charge in [0.05, 0.1) is 6.61 Å². The first-order chi connectivity index (χ1) is 9.33. The molecule has 2 aromatic carbocycles. The van der Waals surface area contributed by atoms with Gasteiger partial charge in [0.25, 0.3) is 0 Å².